The second-order valence-corrected chi connectivity index (χ2v) is 9.96. The average Bonchev–Trinajstić information content (AvgIpc) is 3.31. The van der Waals surface area contributed by atoms with Gasteiger partial charge in [0.2, 0.25) is 0 Å². The highest BCUT2D eigenvalue weighted by Gasteiger charge is 2.53. The summed E-state index contributed by atoms with van der Waals surface area (Å²) < 4.78 is 8.90. The van der Waals surface area contributed by atoms with Crippen LogP contribution in [0.5, 0.6) is 0 Å². The van der Waals surface area contributed by atoms with Gasteiger partial charge in [0.1, 0.15) is 17.8 Å². The van der Waals surface area contributed by atoms with Crippen LogP contribution in [0, 0.1) is 0 Å². The van der Waals surface area contributed by atoms with Gasteiger partial charge in [-0.3, -0.25) is 0 Å². The highest BCUT2D eigenvalue weighted by molar-refractivity contribution is 7.16. The van der Waals surface area contributed by atoms with Gasteiger partial charge in [-0.15, -0.1) is 21.5 Å². The van der Waals surface area contributed by atoms with Crippen LogP contribution in [0.15, 0.2) is 42.5 Å². The number of rotatable bonds is 4. The molecule has 1 fully saturated rings. The van der Waals surface area contributed by atoms with E-state index in [-0.39, 0.29) is 17.5 Å². The Balaban J connectivity index is 1.43. The molecule has 156 valence electrons. The van der Waals surface area contributed by atoms with Crippen LogP contribution >= 0.6 is 22.9 Å². The SMILES string of the molecule is O=C(OC1CC(c2ccc(Cl)s2)(c2nnc3n2CCCCCC3)C1)c1ccccc1. The van der Waals surface area contributed by atoms with Gasteiger partial charge in [0.15, 0.2) is 0 Å². The van der Waals surface area contributed by atoms with Crippen LogP contribution in [0.1, 0.15) is 65.4 Å². The molecule has 0 amide bonds. The lowest BCUT2D eigenvalue weighted by Crippen LogP contribution is -2.49. The Morgan fingerprint density at radius 1 is 1.07 bits per heavy atom. The van der Waals surface area contributed by atoms with Gasteiger partial charge in [-0.05, 0) is 37.1 Å². The zero-order valence-corrected chi connectivity index (χ0v) is 18.3. The Hall–Kier alpha value is -2.18. The van der Waals surface area contributed by atoms with E-state index in [1.54, 1.807) is 23.5 Å². The highest BCUT2D eigenvalue weighted by atomic mass is 35.5. The summed E-state index contributed by atoms with van der Waals surface area (Å²) in [6.07, 6.45) is 7.05. The maximum atomic E-state index is 12.5. The molecule has 5 rings (SSSR count). The molecule has 0 spiro atoms. The Kier molecular flexibility index (Phi) is 5.37. The summed E-state index contributed by atoms with van der Waals surface area (Å²) in [6.45, 7) is 0.951. The van der Waals surface area contributed by atoms with Crippen LogP contribution in [-0.2, 0) is 23.1 Å². The highest BCUT2D eigenvalue weighted by Crippen LogP contribution is 2.52. The van der Waals surface area contributed by atoms with Gasteiger partial charge in [-0.2, -0.15) is 0 Å². The first-order chi connectivity index (χ1) is 14.7. The van der Waals surface area contributed by atoms with Crippen LogP contribution < -0.4 is 0 Å². The van der Waals surface area contributed by atoms with Crippen LogP contribution in [0.25, 0.3) is 0 Å². The molecular formula is C23H24ClN3O2S. The van der Waals surface area contributed by atoms with E-state index in [0.717, 1.165) is 41.8 Å². The normalized spacial score (nSPS) is 23.7. The first-order valence-corrected chi connectivity index (χ1v) is 11.8. The molecule has 30 heavy (non-hydrogen) atoms. The van der Waals surface area contributed by atoms with Gasteiger partial charge in [0, 0.05) is 30.7 Å². The van der Waals surface area contributed by atoms with Crippen LogP contribution in [0.3, 0.4) is 0 Å². The predicted molar refractivity (Wildman–Crippen MR) is 117 cm³/mol. The summed E-state index contributed by atoms with van der Waals surface area (Å²) in [4.78, 5) is 13.7. The lowest BCUT2D eigenvalue weighted by molar-refractivity contribution is -0.0153. The lowest BCUT2D eigenvalue weighted by atomic mass is 9.65. The van der Waals surface area contributed by atoms with Crippen molar-refractivity contribution in [3.63, 3.8) is 0 Å². The van der Waals surface area contributed by atoms with Gasteiger partial charge in [-0.1, -0.05) is 42.6 Å². The van der Waals surface area contributed by atoms with Gasteiger partial charge in [0.05, 0.1) is 15.3 Å². The Morgan fingerprint density at radius 2 is 1.87 bits per heavy atom. The molecule has 3 heterocycles. The molecule has 0 N–H and O–H groups in total. The van der Waals surface area contributed by atoms with Gasteiger partial charge >= 0.3 is 5.97 Å². The van der Waals surface area contributed by atoms with Crippen molar-refractivity contribution < 1.29 is 9.53 Å². The second-order valence-electron chi connectivity index (χ2n) is 8.24. The minimum Gasteiger partial charge on any atom is -0.459 e. The molecule has 1 saturated carbocycles. The summed E-state index contributed by atoms with van der Waals surface area (Å²) in [6, 6.07) is 13.2. The topological polar surface area (TPSA) is 57.0 Å². The van der Waals surface area contributed by atoms with E-state index in [4.69, 9.17) is 16.3 Å². The number of thiophene rings is 1. The van der Waals surface area contributed by atoms with Crippen LogP contribution in [0.2, 0.25) is 4.34 Å². The van der Waals surface area contributed by atoms with Gasteiger partial charge in [-0.25, -0.2) is 4.79 Å². The lowest BCUT2D eigenvalue weighted by Gasteiger charge is -2.45. The quantitative estimate of drug-likeness (QED) is 0.507. The molecule has 3 aromatic rings. The Morgan fingerprint density at radius 3 is 2.63 bits per heavy atom. The number of ether oxygens (including phenoxy) is 1. The zero-order chi connectivity index (χ0) is 20.6. The average molecular weight is 442 g/mol. The maximum absolute atomic E-state index is 12.5. The summed E-state index contributed by atoms with van der Waals surface area (Å²) in [5, 5.41) is 9.22. The molecule has 0 bridgehead atoms. The number of hydrogen-bond acceptors (Lipinski definition) is 5. The molecule has 0 radical (unpaired) electrons. The predicted octanol–water partition coefficient (Wildman–Crippen LogP) is 5.42. The first-order valence-electron chi connectivity index (χ1n) is 10.6. The van der Waals surface area contributed by atoms with Crippen molar-refractivity contribution in [1.82, 2.24) is 14.8 Å². The van der Waals surface area contributed by atoms with E-state index in [0.29, 0.717) is 18.4 Å². The summed E-state index contributed by atoms with van der Waals surface area (Å²) in [5.74, 6) is 1.82. The van der Waals surface area contributed by atoms with E-state index in [2.05, 4.69) is 20.8 Å². The molecule has 1 aliphatic carbocycles. The number of aromatic nitrogens is 3. The van der Waals surface area contributed by atoms with Crippen LogP contribution in [-0.4, -0.2) is 26.8 Å². The Bertz CT molecular complexity index is 1040. The van der Waals surface area contributed by atoms with Crippen LogP contribution in [0.4, 0.5) is 0 Å². The number of benzene rings is 1. The van der Waals surface area contributed by atoms with E-state index in [1.165, 1.54) is 17.7 Å². The van der Waals surface area contributed by atoms with Gasteiger partial charge < -0.3 is 9.30 Å². The molecule has 1 aliphatic heterocycles. The molecule has 1 aromatic carbocycles. The van der Waals surface area contributed by atoms with E-state index >= 15 is 0 Å². The van der Waals surface area contributed by atoms with Crippen molar-refractivity contribution in [3.8, 4) is 0 Å². The zero-order valence-electron chi connectivity index (χ0n) is 16.7. The van der Waals surface area contributed by atoms with Crippen molar-refractivity contribution in [2.75, 3.05) is 0 Å². The second kappa shape index (κ2) is 8.16. The monoisotopic (exact) mass is 441 g/mol. The largest absolute Gasteiger partial charge is 0.459 e. The third-order valence-corrected chi connectivity index (χ3v) is 7.70. The molecule has 7 heteroatoms. The van der Waals surface area contributed by atoms with E-state index in [9.17, 15) is 4.79 Å². The van der Waals surface area contributed by atoms with Crippen molar-refractivity contribution in [3.05, 3.63) is 68.9 Å². The number of fused-ring (bicyclic) bond motifs is 1. The number of aryl methyl sites for hydroxylation is 1. The number of carbonyl (C=O) groups is 1. The number of halogens is 1. The maximum Gasteiger partial charge on any atom is 0.338 e. The third-order valence-electron chi connectivity index (χ3n) is 6.27. The standard InChI is InChI=1S/C23H24ClN3O2S/c24-19-12-11-18(30-19)23(22-26-25-20-10-6-1-2-7-13-27(20)22)14-17(15-23)29-21(28)16-8-4-3-5-9-16/h3-5,8-9,11-12,17H,1-2,6-7,10,13-15H2. The van der Waals surface area contributed by atoms with Crippen molar-refractivity contribution in [1.29, 1.82) is 0 Å². The molecule has 2 aromatic heterocycles. The summed E-state index contributed by atoms with van der Waals surface area (Å²) >= 11 is 7.88. The Labute approximate surface area is 185 Å². The molecule has 2 aliphatic rings. The van der Waals surface area contributed by atoms with Crippen molar-refractivity contribution in [2.24, 2.45) is 0 Å². The number of hydrogen-bond donors (Lipinski definition) is 0. The number of nitrogens with zero attached hydrogens (tertiary/aromatic N) is 3. The van der Waals surface area contributed by atoms with Crippen molar-refractivity contribution >= 4 is 28.9 Å². The minimum atomic E-state index is -0.288. The summed E-state index contributed by atoms with van der Waals surface area (Å²) in [5.41, 5.74) is 0.297. The first kappa shape index (κ1) is 19.8. The fraction of sp³-hybridized carbons (Fsp3) is 0.435. The van der Waals surface area contributed by atoms with E-state index < -0.39 is 0 Å². The van der Waals surface area contributed by atoms with Crippen molar-refractivity contribution in [2.45, 2.75) is 63.0 Å². The fourth-order valence-corrected chi connectivity index (χ4v) is 5.92. The molecule has 0 unspecified atom stereocenters. The molecule has 0 atom stereocenters. The fourth-order valence-electron chi connectivity index (χ4n) is 4.68. The number of carbonyl (C=O) groups excluding carboxylic acids is 1. The molecule has 0 saturated heterocycles. The third kappa shape index (κ3) is 3.56. The summed E-state index contributed by atoms with van der Waals surface area (Å²) in [7, 11) is 0. The molecular weight excluding hydrogens is 418 g/mol. The minimum absolute atomic E-state index is 0.139. The number of esters is 1. The van der Waals surface area contributed by atoms with Gasteiger partial charge in [0.25, 0.3) is 0 Å². The smallest absolute Gasteiger partial charge is 0.338 e. The molecule has 5 nitrogen and oxygen atoms in total. The van der Waals surface area contributed by atoms with E-state index in [1.807, 2.05) is 24.3 Å².